The van der Waals surface area contributed by atoms with E-state index in [0.29, 0.717) is 17.1 Å². The highest BCUT2D eigenvalue weighted by atomic mass is 16.5. The van der Waals surface area contributed by atoms with Crippen LogP contribution in [0.5, 0.6) is 0 Å². The molecule has 2 aromatic heterocycles. The fourth-order valence-corrected chi connectivity index (χ4v) is 2.73. The first kappa shape index (κ1) is 13.1. The largest absolute Gasteiger partial charge is 0.465 e. The summed E-state index contributed by atoms with van der Waals surface area (Å²) in [5.74, 6) is 1.10. The van der Waals surface area contributed by atoms with Crippen molar-refractivity contribution in [1.29, 1.82) is 0 Å². The van der Waals surface area contributed by atoms with E-state index in [1.54, 1.807) is 6.07 Å². The normalized spacial score (nSPS) is 19.1. The Hall–Kier alpha value is -1.95. The molecule has 0 amide bonds. The van der Waals surface area contributed by atoms with Crippen LogP contribution in [0.15, 0.2) is 18.3 Å². The summed E-state index contributed by atoms with van der Waals surface area (Å²) in [5, 5.41) is 11.8. The second-order valence-corrected chi connectivity index (χ2v) is 5.14. The van der Waals surface area contributed by atoms with Gasteiger partial charge in [0.2, 0.25) is 0 Å². The maximum Gasteiger partial charge on any atom is 0.341 e. The third kappa shape index (κ3) is 2.38. The molecular formula is C14H18N4O2. The Kier molecular flexibility index (Phi) is 3.64. The fourth-order valence-electron chi connectivity index (χ4n) is 2.73. The van der Waals surface area contributed by atoms with Gasteiger partial charge in [-0.25, -0.2) is 4.79 Å². The van der Waals surface area contributed by atoms with Crippen LogP contribution in [-0.4, -0.2) is 40.8 Å². The van der Waals surface area contributed by atoms with Gasteiger partial charge in [0.25, 0.3) is 0 Å². The number of methoxy groups -OCH3 is 1. The Morgan fingerprint density at radius 3 is 3.20 bits per heavy atom. The summed E-state index contributed by atoms with van der Waals surface area (Å²) in [4.78, 5) is 11.7. The number of pyridine rings is 1. The van der Waals surface area contributed by atoms with Gasteiger partial charge in [-0.2, -0.15) is 0 Å². The number of nitrogens with zero attached hydrogens (tertiary/aromatic N) is 3. The van der Waals surface area contributed by atoms with Crippen LogP contribution in [0.2, 0.25) is 0 Å². The highest BCUT2D eigenvalue weighted by molar-refractivity contribution is 5.95. The molecule has 1 saturated heterocycles. The third-order valence-corrected chi connectivity index (χ3v) is 3.78. The van der Waals surface area contributed by atoms with Gasteiger partial charge in [-0.3, -0.25) is 4.40 Å². The molecule has 6 nitrogen and oxygen atoms in total. The van der Waals surface area contributed by atoms with E-state index in [2.05, 4.69) is 15.5 Å². The van der Waals surface area contributed by atoms with Gasteiger partial charge in [0, 0.05) is 12.6 Å². The summed E-state index contributed by atoms with van der Waals surface area (Å²) in [6.45, 7) is 2.12. The van der Waals surface area contributed by atoms with Crippen molar-refractivity contribution in [3.8, 4) is 0 Å². The highest BCUT2D eigenvalue weighted by Crippen LogP contribution is 2.17. The van der Waals surface area contributed by atoms with Gasteiger partial charge in [0.1, 0.15) is 11.4 Å². The summed E-state index contributed by atoms with van der Waals surface area (Å²) in [7, 11) is 1.37. The predicted octanol–water partition coefficient (Wildman–Crippen LogP) is 1.06. The lowest BCUT2D eigenvalue weighted by atomic mass is 9.96. The van der Waals surface area contributed by atoms with E-state index < -0.39 is 0 Å². The van der Waals surface area contributed by atoms with Crippen molar-refractivity contribution >= 4 is 11.6 Å². The van der Waals surface area contributed by atoms with E-state index >= 15 is 0 Å². The Bertz CT molecular complexity index is 617. The smallest absolute Gasteiger partial charge is 0.341 e. The SMILES string of the molecule is COC(=O)c1cccn2c(CC3CCCNC3)nnc12. The fraction of sp³-hybridized carbons (Fsp3) is 0.500. The molecule has 0 saturated carbocycles. The van der Waals surface area contributed by atoms with Crippen LogP contribution in [0, 0.1) is 5.92 Å². The van der Waals surface area contributed by atoms with Crippen LogP contribution >= 0.6 is 0 Å². The zero-order chi connectivity index (χ0) is 13.9. The molecule has 20 heavy (non-hydrogen) atoms. The van der Waals surface area contributed by atoms with Crippen molar-refractivity contribution in [2.75, 3.05) is 20.2 Å². The predicted molar refractivity (Wildman–Crippen MR) is 73.6 cm³/mol. The highest BCUT2D eigenvalue weighted by Gasteiger charge is 2.19. The maximum atomic E-state index is 11.7. The molecule has 2 aromatic rings. The minimum absolute atomic E-state index is 0.381. The number of aromatic nitrogens is 3. The Balaban J connectivity index is 1.91. The summed E-state index contributed by atoms with van der Waals surface area (Å²) >= 11 is 0. The van der Waals surface area contributed by atoms with Crippen LogP contribution in [0.25, 0.3) is 5.65 Å². The topological polar surface area (TPSA) is 68.5 Å². The lowest BCUT2D eigenvalue weighted by Gasteiger charge is -2.21. The molecule has 1 aliphatic heterocycles. The molecule has 106 valence electrons. The maximum absolute atomic E-state index is 11.7. The second-order valence-electron chi connectivity index (χ2n) is 5.14. The molecule has 3 heterocycles. The Morgan fingerprint density at radius 1 is 1.55 bits per heavy atom. The second kappa shape index (κ2) is 5.58. The molecule has 0 aliphatic carbocycles. The Morgan fingerprint density at radius 2 is 2.45 bits per heavy atom. The summed E-state index contributed by atoms with van der Waals surface area (Å²) in [5.41, 5.74) is 1.02. The lowest BCUT2D eigenvalue weighted by molar-refractivity contribution is 0.0602. The van der Waals surface area contributed by atoms with Gasteiger partial charge in [-0.05, 0) is 44.0 Å². The molecule has 0 spiro atoms. The summed E-state index contributed by atoms with van der Waals surface area (Å²) < 4.78 is 6.66. The number of fused-ring (bicyclic) bond motifs is 1. The van der Waals surface area contributed by atoms with Crippen molar-refractivity contribution in [1.82, 2.24) is 19.9 Å². The number of rotatable bonds is 3. The molecule has 3 rings (SSSR count). The Labute approximate surface area is 117 Å². The molecule has 0 bridgehead atoms. The number of nitrogens with one attached hydrogen (secondary N) is 1. The molecule has 1 N–H and O–H groups in total. The van der Waals surface area contributed by atoms with E-state index in [-0.39, 0.29) is 5.97 Å². The van der Waals surface area contributed by atoms with Gasteiger partial charge < -0.3 is 10.1 Å². The molecule has 1 aliphatic rings. The average molecular weight is 274 g/mol. The first-order chi connectivity index (χ1) is 9.79. The number of hydrogen-bond donors (Lipinski definition) is 1. The van der Waals surface area contributed by atoms with E-state index in [1.165, 1.54) is 20.0 Å². The van der Waals surface area contributed by atoms with Crippen molar-refractivity contribution in [3.05, 3.63) is 29.7 Å². The van der Waals surface area contributed by atoms with Gasteiger partial charge in [-0.15, -0.1) is 10.2 Å². The quantitative estimate of drug-likeness (QED) is 0.848. The number of carbonyl (C=O) groups is 1. The van der Waals surface area contributed by atoms with Gasteiger partial charge in [0.05, 0.1) is 7.11 Å². The number of ether oxygens (including phenoxy) is 1. The summed E-state index contributed by atoms with van der Waals surface area (Å²) in [6, 6.07) is 3.53. The van der Waals surface area contributed by atoms with Gasteiger partial charge in [-0.1, -0.05) is 0 Å². The summed E-state index contributed by atoms with van der Waals surface area (Å²) in [6.07, 6.45) is 5.18. The molecule has 1 fully saturated rings. The van der Waals surface area contributed by atoms with Crippen molar-refractivity contribution < 1.29 is 9.53 Å². The number of esters is 1. The third-order valence-electron chi connectivity index (χ3n) is 3.78. The molecular weight excluding hydrogens is 256 g/mol. The van der Waals surface area contributed by atoms with Gasteiger partial charge >= 0.3 is 5.97 Å². The van der Waals surface area contributed by atoms with E-state index in [1.807, 2.05) is 16.7 Å². The van der Waals surface area contributed by atoms with Crippen molar-refractivity contribution in [2.45, 2.75) is 19.3 Å². The standard InChI is InChI=1S/C14H18N4O2/c1-20-14(19)11-5-3-7-18-12(16-17-13(11)18)8-10-4-2-6-15-9-10/h3,5,7,10,15H,2,4,6,8-9H2,1H3. The van der Waals surface area contributed by atoms with Crippen molar-refractivity contribution in [3.63, 3.8) is 0 Å². The first-order valence-corrected chi connectivity index (χ1v) is 6.91. The average Bonchev–Trinajstić information content (AvgIpc) is 2.91. The first-order valence-electron chi connectivity index (χ1n) is 6.91. The number of piperidine rings is 1. The molecule has 0 aromatic carbocycles. The zero-order valence-electron chi connectivity index (χ0n) is 11.5. The van der Waals surface area contributed by atoms with Crippen LogP contribution in [0.3, 0.4) is 0 Å². The van der Waals surface area contributed by atoms with Crippen LogP contribution < -0.4 is 5.32 Å². The van der Waals surface area contributed by atoms with E-state index in [4.69, 9.17) is 4.74 Å². The minimum Gasteiger partial charge on any atom is -0.465 e. The van der Waals surface area contributed by atoms with Crippen LogP contribution in [-0.2, 0) is 11.2 Å². The minimum atomic E-state index is -0.381. The van der Waals surface area contributed by atoms with E-state index in [0.717, 1.165) is 25.3 Å². The molecule has 1 atom stereocenters. The van der Waals surface area contributed by atoms with E-state index in [9.17, 15) is 4.79 Å². The molecule has 6 heteroatoms. The molecule has 0 radical (unpaired) electrons. The lowest BCUT2D eigenvalue weighted by Crippen LogP contribution is -2.31. The van der Waals surface area contributed by atoms with Crippen LogP contribution in [0.1, 0.15) is 29.0 Å². The zero-order valence-corrected chi connectivity index (χ0v) is 11.5. The monoisotopic (exact) mass is 274 g/mol. The molecule has 1 unspecified atom stereocenters. The van der Waals surface area contributed by atoms with Gasteiger partial charge in [0.15, 0.2) is 5.65 Å². The van der Waals surface area contributed by atoms with Crippen LogP contribution in [0.4, 0.5) is 0 Å². The number of hydrogen-bond acceptors (Lipinski definition) is 5. The van der Waals surface area contributed by atoms with Crippen molar-refractivity contribution in [2.24, 2.45) is 5.92 Å². The number of carbonyl (C=O) groups excluding carboxylic acids is 1.